The molecule has 1 atom stereocenters. The molecular formula is C13H19BO3. The minimum Gasteiger partial charge on any atom is -0.464 e. The van der Waals surface area contributed by atoms with Gasteiger partial charge in [0.05, 0.1) is 6.26 Å². The molecule has 2 N–H and O–H groups in total. The minimum atomic E-state index is -1.31. The van der Waals surface area contributed by atoms with E-state index in [9.17, 15) is 0 Å². The van der Waals surface area contributed by atoms with Crippen LogP contribution in [0.1, 0.15) is 37.7 Å². The van der Waals surface area contributed by atoms with E-state index in [2.05, 4.69) is 6.58 Å². The van der Waals surface area contributed by atoms with Gasteiger partial charge < -0.3 is 14.5 Å². The highest BCUT2D eigenvalue weighted by Crippen LogP contribution is 2.28. The first-order valence-corrected chi connectivity index (χ1v) is 5.72. The molecule has 1 aromatic rings. The van der Waals surface area contributed by atoms with Crippen LogP contribution in [0.5, 0.6) is 0 Å². The van der Waals surface area contributed by atoms with E-state index in [0.717, 1.165) is 22.5 Å². The summed E-state index contributed by atoms with van der Waals surface area (Å²) in [5.41, 5.74) is 2.82. The normalized spacial score (nSPS) is 13.0. The molecule has 0 amide bonds. The van der Waals surface area contributed by atoms with Crippen LogP contribution in [0.4, 0.5) is 0 Å². The van der Waals surface area contributed by atoms with Crippen LogP contribution in [0, 0.1) is 0 Å². The number of hydrogen-bond donors (Lipinski definition) is 2. The van der Waals surface area contributed by atoms with Crippen LogP contribution in [-0.2, 0) is 6.42 Å². The van der Waals surface area contributed by atoms with Gasteiger partial charge in [0.15, 0.2) is 0 Å². The SMILES string of the molecule is C=C(C)c1occ(C[C@H](C)B(O)O)c1/C=C\C. The van der Waals surface area contributed by atoms with E-state index in [-0.39, 0.29) is 5.82 Å². The summed E-state index contributed by atoms with van der Waals surface area (Å²) in [6.07, 6.45) is 6.12. The fraction of sp³-hybridized carbons (Fsp3) is 0.385. The van der Waals surface area contributed by atoms with Crippen LogP contribution in [-0.4, -0.2) is 17.2 Å². The summed E-state index contributed by atoms with van der Waals surface area (Å²) < 4.78 is 5.48. The highest BCUT2D eigenvalue weighted by molar-refractivity contribution is 6.43. The van der Waals surface area contributed by atoms with Gasteiger partial charge in [0.2, 0.25) is 0 Å². The summed E-state index contributed by atoms with van der Waals surface area (Å²) in [4.78, 5) is 0. The second kappa shape index (κ2) is 5.89. The fourth-order valence-electron chi connectivity index (χ4n) is 1.69. The van der Waals surface area contributed by atoms with Gasteiger partial charge in [-0.1, -0.05) is 25.7 Å². The van der Waals surface area contributed by atoms with Crippen molar-refractivity contribution >= 4 is 18.8 Å². The largest absolute Gasteiger partial charge is 0.464 e. The van der Waals surface area contributed by atoms with Crippen molar-refractivity contribution in [1.29, 1.82) is 0 Å². The van der Waals surface area contributed by atoms with Crippen molar-refractivity contribution in [2.24, 2.45) is 0 Å². The van der Waals surface area contributed by atoms with E-state index in [0.29, 0.717) is 6.42 Å². The zero-order valence-corrected chi connectivity index (χ0v) is 10.6. The zero-order chi connectivity index (χ0) is 13.0. The molecule has 92 valence electrons. The van der Waals surface area contributed by atoms with Gasteiger partial charge in [-0.15, -0.1) is 0 Å². The third kappa shape index (κ3) is 3.35. The molecule has 0 bridgehead atoms. The lowest BCUT2D eigenvalue weighted by Crippen LogP contribution is -2.19. The Hall–Kier alpha value is -1.26. The maximum absolute atomic E-state index is 9.11. The number of rotatable bonds is 5. The van der Waals surface area contributed by atoms with Gasteiger partial charge in [-0.3, -0.25) is 0 Å². The Labute approximate surface area is 103 Å². The molecule has 1 aromatic heterocycles. The quantitative estimate of drug-likeness (QED) is 0.770. The standard InChI is InChI=1S/C13H19BO3/c1-5-6-12-11(7-10(4)14(15)16)8-17-13(12)9(2)3/h5-6,8,10,15-16H,2,7H2,1,3-4H3/b6-5-/t10-/m0/s1. The molecule has 1 rings (SSSR count). The Morgan fingerprint density at radius 2 is 2.24 bits per heavy atom. The van der Waals surface area contributed by atoms with Crippen molar-refractivity contribution < 1.29 is 14.5 Å². The highest BCUT2D eigenvalue weighted by Gasteiger charge is 2.21. The first-order chi connectivity index (χ1) is 7.97. The average molecular weight is 234 g/mol. The van der Waals surface area contributed by atoms with Crippen LogP contribution < -0.4 is 0 Å². The molecule has 0 aliphatic heterocycles. The number of hydrogen-bond acceptors (Lipinski definition) is 3. The molecule has 0 radical (unpaired) electrons. The Kier molecular flexibility index (Phi) is 4.79. The fourth-order valence-corrected chi connectivity index (χ4v) is 1.69. The van der Waals surface area contributed by atoms with E-state index >= 15 is 0 Å². The molecule has 4 heteroatoms. The molecule has 1 heterocycles. The molecule has 0 aliphatic carbocycles. The Morgan fingerprint density at radius 3 is 2.71 bits per heavy atom. The molecule has 0 saturated carbocycles. The molecule has 0 unspecified atom stereocenters. The van der Waals surface area contributed by atoms with E-state index in [1.807, 2.05) is 26.0 Å². The predicted molar refractivity (Wildman–Crippen MR) is 71.4 cm³/mol. The summed E-state index contributed by atoms with van der Waals surface area (Å²) in [5.74, 6) is 0.535. The molecule has 0 fully saturated rings. The van der Waals surface area contributed by atoms with Gasteiger partial charge in [0.25, 0.3) is 0 Å². The molecule has 0 saturated heterocycles. The summed E-state index contributed by atoms with van der Waals surface area (Å²) in [6.45, 7) is 9.48. The number of furan rings is 1. The molecular weight excluding hydrogens is 215 g/mol. The van der Waals surface area contributed by atoms with Crippen LogP contribution in [0.25, 0.3) is 11.6 Å². The summed E-state index contributed by atoms with van der Waals surface area (Å²) in [5, 5.41) is 18.2. The molecule has 17 heavy (non-hydrogen) atoms. The van der Waals surface area contributed by atoms with Crippen LogP contribution in [0.3, 0.4) is 0 Å². The molecule has 0 aromatic carbocycles. The maximum atomic E-state index is 9.11. The van der Waals surface area contributed by atoms with Crippen LogP contribution >= 0.6 is 0 Å². The first kappa shape index (κ1) is 13.8. The van der Waals surface area contributed by atoms with Crippen LogP contribution in [0.15, 0.2) is 23.3 Å². The Morgan fingerprint density at radius 1 is 1.59 bits per heavy atom. The van der Waals surface area contributed by atoms with Crippen molar-refractivity contribution in [3.05, 3.63) is 35.8 Å². The van der Waals surface area contributed by atoms with Gasteiger partial charge in [-0.25, -0.2) is 0 Å². The molecule has 0 spiro atoms. The Bertz CT molecular complexity index is 418. The predicted octanol–water partition coefficient (Wildman–Crippen LogP) is 2.75. The monoisotopic (exact) mass is 234 g/mol. The lowest BCUT2D eigenvalue weighted by molar-refractivity contribution is 0.387. The molecule has 0 aliphatic rings. The van der Waals surface area contributed by atoms with Gasteiger partial charge in [-0.05, 0) is 37.2 Å². The Balaban J connectivity index is 3.04. The topological polar surface area (TPSA) is 53.6 Å². The van der Waals surface area contributed by atoms with E-state index in [1.54, 1.807) is 13.2 Å². The van der Waals surface area contributed by atoms with Gasteiger partial charge in [0.1, 0.15) is 5.76 Å². The summed E-state index contributed by atoms with van der Waals surface area (Å²) in [6, 6.07) is 0. The third-order valence-corrected chi connectivity index (χ3v) is 2.68. The smallest absolute Gasteiger partial charge is 0.454 e. The minimum absolute atomic E-state index is 0.227. The van der Waals surface area contributed by atoms with Crippen molar-refractivity contribution in [1.82, 2.24) is 0 Å². The van der Waals surface area contributed by atoms with E-state index in [4.69, 9.17) is 14.5 Å². The van der Waals surface area contributed by atoms with Crippen molar-refractivity contribution in [2.75, 3.05) is 0 Å². The average Bonchev–Trinajstić information content (AvgIpc) is 2.62. The zero-order valence-electron chi connectivity index (χ0n) is 10.6. The van der Waals surface area contributed by atoms with Gasteiger partial charge in [0, 0.05) is 5.56 Å². The van der Waals surface area contributed by atoms with Crippen molar-refractivity contribution in [2.45, 2.75) is 33.0 Å². The van der Waals surface area contributed by atoms with Crippen LogP contribution in [0.2, 0.25) is 5.82 Å². The highest BCUT2D eigenvalue weighted by atomic mass is 16.4. The molecule has 3 nitrogen and oxygen atoms in total. The van der Waals surface area contributed by atoms with Gasteiger partial charge >= 0.3 is 7.12 Å². The van der Waals surface area contributed by atoms with Crippen molar-refractivity contribution in [3.63, 3.8) is 0 Å². The van der Waals surface area contributed by atoms with Gasteiger partial charge in [-0.2, -0.15) is 0 Å². The van der Waals surface area contributed by atoms with Crippen molar-refractivity contribution in [3.8, 4) is 0 Å². The third-order valence-electron chi connectivity index (χ3n) is 2.68. The second-order valence-electron chi connectivity index (χ2n) is 4.38. The van der Waals surface area contributed by atoms with E-state index < -0.39 is 7.12 Å². The first-order valence-electron chi connectivity index (χ1n) is 5.72. The maximum Gasteiger partial charge on any atom is 0.454 e. The lowest BCUT2D eigenvalue weighted by Gasteiger charge is -2.08. The second-order valence-corrected chi connectivity index (χ2v) is 4.38. The lowest BCUT2D eigenvalue weighted by atomic mass is 9.71. The summed E-state index contributed by atoms with van der Waals surface area (Å²) >= 11 is 0. The summed E-state index contributed by atoms with van der Waals surface area (Å²) in [7, 11) is -1.31. The van der Waals surface area contributed by atoms with E-state index in [1.165, 1.54) is 0 Å². The number of allylic oxidation sites excluding steroid dienone is 2.